The molecule has 8 heteroatoms. The van der Waals surface area contributed by atoms with Gasteiger partial charge in [0.15, 0.2) is 0 Å². The Morgan fingerprint density at radius 3 is 2.47 bits per heavy atom. The zero-order valence-corrected chi connectivity index (χ0v) is 20.1. The molecular formula is C26H35N5O3. The van der Waals surface area contributed by atoms with Gasteiger partial charge in [0, 0.05) is 55.3 Å². The fourth-order valence-corrected chi connectivity index (χ4v) is 4.41. The molecule has 0 radical (unpaired) electrons. The number of anilines is 1. The molecule has 0 bridgehead atoms. The number of ketones is 1. The lowest BCUT2D eigenvalue weighted by atomic mass is 9.91. The van der Waals surface area contributed by atoms with Crippen LogP contribution in [0.15, 0.2) is 58.9 Å². The first-order valence-corrected chi connectivity index (χ1v) is 11.6. The molecule has 1 aromatic rings. The minimum atomic E-state index is -0.945. The van der Waals surface area contributed by atoms with Gasteiger partial charge in [0.25, 0.3) is 0 Å². The number of hydrogen-bond acceptors (Lipinski definition) is 8. The van der Waals surface area contributed by atoms with Crippen LogP contribution in [0.1, 0.15) is 32.1 Å². The van der Waals surface area contributed by atoms with E-state index in [0.717, 1.165) is 31.3 Å². The second-order valence-corrected chi connectivity index (χ2v) is 8.53. The number of nitrogens with zero attached hydrogens (tertiary/aromatic N) is 1. The highest BCUT2D eigenvalue weighted by molar-refractivity contribution is 6.18. The Morgan fingerprint density at radius 2 is 1.91 bits per heavy atom. The van der Waals surface area contributed by atoms with Gasteiger partial charge in [-0.25, -0.2) is 0 Å². The summed E-state index contributed by atoms with van der Waals surface area (Å²) in [5.41, 5.74) is 8.25. The molecule has 1 aromatic carbocycles. The number of carbonyl (C=O) groups excluding carboxylic acids is 1. The third kappa shape index (κ3) is 6.27. The lowest BCUT2D eigenvalue weighted by molar-refractivity contribution is -0.115. The van der Waals surface area contributed by atoms with Gasteiger partial charge >= 0.3 is 0 Å². The van der Waals surface area contributed by atoms with Crippen LogP contribution in [0.25, 0.3) is 0 Å². The molecule has 0 spiro atoms. The Kier molecular flexibility index (Phi) is 8.90. The normalized spacial score (nSPS) is 19.4. The summed E-state index contributed by atoms with van der Waals surface area (Å²) in [4.78, 5) is 17.9. The Morgan fingerprint density at radius 1 is 1.24 bits per heavy atom. The van der Waals surface area contributed by atoms with Crippen LogP contribution in [0, 0.1) is 11.3 Å². The van der Waals surface area contributed by atoms with Crippen LogP contribution in [0.5, 0.6) is 11.5 Å². The number of methoxy groups -OCH3 is 2. The number of rotatable bonds is 11. The molecule has 1 aliphatic heterocycles. The van der Waals surface area contributed by atoms with Crippen molar-refractivity contribution in [2.24, 2.45) is 16.6 Å². The summed E-state index contributed by atoms with van der Waals surface area (Å²) in [5, 5.41) is 15.3. The van der Waals surface area contributed by atoms with Crippen LogP contribution in [0.4, 0.5) is 5.69 Å². The minimum absolute atomic E-state index is 0.0776. The van der Waals surface area contributed by atoms with Crippen molar-refractivity contribution in [3.05, 3.63) is 53.9 Å². The Balaban J connectivity index is 1.95. The molecule has 1 fully saturated rings. The van der Waals surface area contributed by atoms with E-state index in [0.29, 0.717) is 23.6 Å². The number of benzene rings is 1. The molecule has 5 N–H and O–H groups in total. The van der Waals surface area contributed by atoms with Gasteiger partial charge in [-0.15, -0.1) is 0 Å². The largest absolute Gasteiger partial charge is 0.497 e. The van der Waals surface area contributed by atoms with Gasteiger partial charge in [-0.2, -0.15) is 0 Å². The molecule has 8 nitrogen and oxygen atoms in total. The van der Waals surface area contributed by atoms with Crippen molar-refractivity contribution in [1.82, 2.24) is 5.32 Å². The quantitative estimate of drug-likeness (QED) is 0.293. The van der Waals surface area contributed by atoms with Gasteiger partial charge in [-0.05, 0) is 36.6 Å². The van der Waals surface area contributed by atoms with E-state index in [9.17, 15) is 4.79 Å². The van der Waals surface area contributed by atoms with Crippen LogP contribution >= 0.6 is 0 Å². The predicted octanol–water partition coefficient (Wildman–Crippen LogP) is 3.61. The van der Waals surface area contributed by atoms with Gasteiger partial charge < -0.3 is 31.3 Å². The van der Waals surface area contributed by atoms with Crippen molar-refractivity contribution < 1.29 is 14.3 Å². The molecule has 1 heterocycles. The highest BCUT2D eigenvalue weighted by Crippen LogP contribution is 2.32. The van der Waals surface area contributed by atoms with E-state index in [4.69, 9.17) is 20.6 Å². The van der Waals surface area contributed by atoms with Gasteiger partial charge in [0.1, 0.15) is 17.5 Å². The van der Waals surface area contributed by atoms with E-state index < -0.39 is 6.04 Å². The molecule has 0 amide bonds. The zero-order valence-electron chi connectivity index (χ0n) is 20.1. The number of dihydropyridines is 1. The highest BCUT2D eigenvalue weighted by atomic mass is 16.5. The molecule has 34 heavy (non-hydrogen) atoms. The smallest absolute Gasteiger partial charge is 0.206 e. The number of nitrogens with two attached hydrogens (primary N) is 1. The maximum absolute atomic E-state index is 13.7. The fraction of sp³-hybridized carbons (Fsp3) is 0.423. The highest BCUT2D eigenvalue weighted by Gasteiger charge is 2.30. The summed E-state index contributed by atoms with van der Waals surface area (Å²) < 4.78 is 10.7. The van der Waals surface area contributed by atoms with E-state index in [1.165, 1.54) is 0 Å². The lowest BCUT2D eigenvalue weighted by Crippen LogP contribution is -2.43. The summed E-state index contributed by atoms with van der Waals surface area (Å²) in [6.07, 6.45) is 13.9. The van der Waals surface area contributed by atoms with Crippen LogP contribution in [-0.2, 0) is 4.79 Å². The zero-order chi connectivity index (χ0) is 24.5. The van der Waals surface area contributed by atoms with Crippen LogP contribution in [-0.4, -0.2) is 51.1 Å². The van der Waals surface area contributed by atoms with Crippen molar-refractivity contribution in [1.29, 1.82) is 5.41 Å². The number of hydrogen-bond donors (Lipinski definition) is 4. The maximum atomic E-state index is 13.7. The molecule has 2 aliphatic rings. The number of allylic oxidation sites excluding steroid dienone is 3. The van der Waals surface area contributed by atoms with Crippen LogP contribution in [0.2, 0.25) is 0 Å². The molecule has 1 aliphatic carbocycles. The first kappa shape index (κ1) is 25.1. The predicted molar refractivity (Wildman–Crippen MR) is 137 cm³/mol. The van der Waals surface area contributed by atoms with Crippen molar-refractivity contribution in [3.8, 4) is 11.5 Å². The number of aliphatic imine (C=N–C) groups is 1. The number of Topliss-reactive ketones (excluding diaryl/α,β-unsaturated/α-hetero) is 1. The molecule has 0 aromatic heterocycles. The molecule has 182 valence electrons. The SMILES string of the molecule is CN=CC(=C(N)C(=O)C(Nc1cc(OC)cc(OC)c1)C(=N)CC1C=CC=CN1)C1CCCC1. The first-order chi connectivity index (χ1) is 16.5. The number of carbonyl (C=O) groups is 1. The third-order valence-electron chi connectivity index (χ3n) is 6.21. The molecular weight excluding hydrogens is 430 g/mol. The van der Waals surface area contributed by atoms with E-state index >= 15 is 0 Å². The Labute approximate surface area is 201 Å². The van der Waals surface area contributed by atoms with Gasteiger partial charge in [0.05, 0.1) is 19.9 Å². The van der Waals surface area contributed by atoms with E-state index in [2.05, 4.69) is 15.6 Å². The van der Waals surface area contributed by atoms with E-state index in [-0.39, 0.29) is 29.2 Å². The summed E-state index contributed by atoms with van der Waals surface area (Å²) in [5.74, 6) is 1.04. The van der Waals surface area contributed by atoms with Gasteiger partial charge in [-0.3, -0.25) is 9.79 Å². The summed E-state index contributed by atoms with van der Waals surface area (Å²) >= 11 is 0. The fourth-order valence-electron chi connectivity index (χ4n) is 4.41. The number of nitrogens with one attached hydrogen (secondary N) is 3. The topological polar surface area (TPSA) is 122 Å². The van der Waals surface area contributed by atoms with Gasteiger partial charge in [0.2, 0.25) is 5.78 Å². The summed E-state index contributed by atoms with van der Waals surface area (Å²) in [6.45, 7) is 0. The average Bonchev–Trinajstić information content (AvgIpc) is 3.40. The van der Waals surface area contributed by atoms with Crippen molar-refractivity contribution >= 4 is 23.4 Å². The molecule has 0 saturated heterocycles. The summed E-state index contributed by atoms with van der Waals surface area (Å²) in [7, 11) is 4.81. The molecule has 2 atom stereocenters. The standard InChI is InChI=1S/C26H35N5O3/c1-29-16-22(17-8-4-5-9-17)24(28)26(32)25(23(27)14-18-10-6-7-11-30-18)31-19-12-20(33-2)15-21(13-19)34-3/h6-7,10-13,15-18,25,27,30-31H,4-5,8-9,14,28H2,1-3H3. The van der Waals surface area contributed by atoms with E-state index in [1.807, 2.05) is 24.4 Å². The van der Waals surface area contributed by atoms with Crippen molar-refractivity contribution in [2.75, 3.05) is 26.6 Å². The lowest BCUT2D eigenvalue weighted by Gasteiger charge is -2.25. The molecule has 1 saturated carbocycles. The second-order valence-electron chi connectivity index (χ2n) is 8.53. The Hall–Kier alpha value is -3.55. The second kappa shape index (κ2) is 12.1. The summed E-state index contributed by atoms with van der Waals surface area (Å²) in [6, 6.07) is 4.26. The van der Waals surface area contributed by atoms with Crippen molar-refractivity contribution in [2.45, 2.75) is 44.2 Å². The monoisotopic (exact) mass is 465 g/mol. The molecule has 3 rings (SSSR count). The van der Waals surface area contributed by atoms with Crippen LogP contribution < -0.4 is 25.8 Å². The Bertz CT molecular complexity index is 983. The van der Waals surface area contributed by atoms with E-state index in [1.54, 1.807) is 45.7 Å². The maximum Gasteiger partial charge on any atom is 0.206 e. The number of ether oxygens (including phenoxy) is 2. The van der Waals surface area contributed by atoms with Gasteiger partial charge in [-0.1, -0.05) is 25.0 Å². The minimum Gasteiger partial charge on any atom is -0.497 e. The average molecular weight is 466 g/mol. The first-order valence-electron chi connectivity index (χ1n) is 11.6. The molecule has 2 unspecified atom stereocenters. The van der Waals surface area contributed by atoms with Crippen LogP contribution in [0.3, 0.4) is 0 Å². The third-order valence-corrected chi connectivity index (χ3v) is 6.21. The van der Waals surface area contributed by atoms with Crippen molar-refractivity contribution in [3.63, 3.8) is 0 Å².